The zero-order valence-corrected chi connectivity index (χ0v) is 14.5. The summed E-state index contributed by atoms with van der Waals surface area (Å²) in [6, 6.07) is 12.4. The van der Waals surface area contributed by atoms with Crippen LogP contribution in [0.15, 0.2) is 53.2 Å². The molecule has 0 saturated heterocycles. The molecule has 6 N–H and O–H groups in total. The van der Waals surface area contributed by atoms with Gasteiger partial charge in [-0.2, -0.15) is 0 Å². The molecule has 0 bridgehead atoms. The molecule has 0 saturated carbocycles. The SMILES string of the molecule is Cl.Cl.N=C(N)c1ccc(-c2cc(-c3cccc(C(=N)N)c3)on2)nc1. The van der Waals surface area contributed by atoms with Gasteiger partial charge in [0, 0.05) is 29.0 Å². The molecule has 25 heavy (non-hydrogen) atoms. The second-order valence-corrected chi connectivity index (χ2v) is 4.92. The predicted molar refractivity (Wildman–Crippen MR) is 102 cm³/mol. The Hall–Kier alpha value is -2.90. The standard InChI is InChI=1S/C16H14N6O.2ClH/c17-15(18)10-3-1-2-9(6-10)14-7-13(22-23-14)12-5-4-11(8-21-12)16(19)20;;/h1-8H,(H3,17,18)(H3,19,20);2*1H. The molecule has 0 amide bonds. The molecule has 1 aromatic carbocycles. The van der Waals surface area contributed by atoms with Gasteiger partial charge in [-0.1, -0.05) is 23.4 Å². The maximum atomic E-state index is 7.48. The number of rotatable bonds is 4. The quantitative estimate of drug-likeness (QED) is 0.408. The highest BCUT2D eigenvalue weighted by Gasteiger charge is 2.11. The first-order valence-corrected chi connectivity index (χ1v) is 6.77. The van der Waals surface area contributed by atoms with Crippen LogP contribution in [0.25, 0.3) is 22.7 Å². The maximum absolute atomic E-state index is 7.48. The van der Waals surface area contributed by atoms with Gasteiger partial charge in [-0.3, -0.25) is 15.8 Å². The molecule has 2 aromatic heterocycles. The van der Waals surface area contributed by atoms with Crippen molar-refractivity contribution in [2.75, 3.05) is 0 Å². The minimum atomic E-state index is -0.0362. The van der Waals surface area contributed by atoms with Crippen molar-refractivity contribution >= 4 is 36.5 Å². The Morgan fingerprint density at radius 2 is 1.60 bits per heavy atom. The number of benzene rings is 1. The lowest BCUT2D eigenvalue weighted by atomic mass is 10.1. The van der Waals surface area contributed by atoms with Crippen LogP contribution < -0.4 is 11.5 Å². The van der Waals surface area contributed by atoms with E-state index in [1.165, 1.54) is 6.20 Å². The van der Waals surface area contributed by atoms with Gasteiger partial charge in [-0.25, -0.2) is 0 Å². The molecule has 0 aliphatic heterocycles. The van der Waals surface area contributed by atoms with Gasteiger partial charge in [0.1, 0.15) is 17.4 Å². The fraction of sp³-hybridized carbons (Fsp3) is 0. The van der Waals surface area contributed by atoms with E-state index in [1.54, 1.807) is 36.4 Å². The molecule has 3 aromatic rings. The van der Waals surface area contributed by atoms with Crippen LogP contribution in [-0.4, -0.2) is 21.8 Å². The number of nitrogen functional groups attached to an aromatic ring is 2. The predicted octanol–water partition coefficient (Wildman–Crippen LogP) is 2.82. The molecule has 0 aliphatic carbocycles. The normalized spacial score (nSPS) is 9.60. The molecular formula is C16H16Cl2N6O. The molecular weight excluding hydrogens is 363 g/mol. The van der Waals surface area contributed by atoms with Gasteiger partial charge in [0.05, 0.1) is 5.69 Å². The van der Waals surface area contributed by atoms with Crippen molar-refractivity contribution in [1.82, 2.24) is 10.1 Å². The van der Waals surface area contributed by atoms with Crippen molar-refractivity contribution in [3.05, 3.63) is 59.8 Å². The zero-order chi connectivity index (χ0) is 16.4. The number of aromatic nitrogens is 2. The highest BCUT2D eigenvalue weighted by atomic mass is 35.5. The van der Waals surface area contributed by atoms with Gasteiger partial charge in [0.2, 0.25) is 0 Å². The highest BCUT2D eigenvalue weighted by molar-refractivity contribution is 5.96. The van der Waals surface area contributed by atoms with E-state index in [1.807, 2.05) is 6.07 Å². The third kappa shape index (κ3) is 4.34. The van der Waals surface area contributed by atoms with Crippen LogP contribution in [0.2, 0.25) is 0 Å². The summed E-state index contributed by atoms with van der Waals surface area (Å²) in [5.74, 6) is 0.513. The summed E-state index contributed by atoms with van der Waals surface area (Å²) < 4.78 is 5.35. The van der Waals surface area contributed by atoms with Gasteiger partial charge in [0.15, 0.2) is 5.76 Å². The number of hydrogen-bond acceptors (Lipinski definition) is 5. The number of nitrogens with two attached hydrogens (primary N) is 2. The summed E-state index contributed by atoms with van der Waals surface area (Å²) in [6.45, 7) is 0. The summed E-state index contributed by atoms with van der Waals surface area (Å²) in [6.07, 6.45) is 1.52. The minimum Gasteiger partial charge on any atom is -0.384 e. The number of pyridine rings is 1. The van der Waals surface area contributed by atoms with Crippen LogP contribution in [0.4, 0.5) is 0 Å². The lowest BCUT2D eigenvalue weighted by molar-refractivity contribution is 0.434. The molecule has 7 nitrogen and oxygen atoms in total. The van der Waals surface area contributed by atoms with Crippen LogP contribution in [0.5, 0.6) is 0 Å². The van der Waals surface area contributed by atoms with Crippen molar-refractivity contribution < 1.29 is 4.52 Å². The Balaban J connectivity index is 0.00000156. The number of nitrogens with zero attached hydrogens (tertiary/aromatic N) is 2. The van der Waals surface area contributed by atoms with Crippen molar-refractivity contribution in [1.29, 1.82) is 10.8 Å². The summed E-state index contributed by atoms with van der Waals surface area (Å²) in [5.41, 5.74) is 14.0. The molecule has 9 heteroatoms. The topological polar surface area (TPSA) is 139 Å². The summed E-state index contributed by atoms with van der Waals surface area (Å²) in [7, 11) is 0. The lowest BCUT2D eigenvalue weighted by Crippen LogP contribution is -2.11. The molecule has 0 atom stereocenters. The monoisotopic (exact) mass is 378 g/mol. The number of hydrogen-bond donors (Lipinski definition) is 4. The Morgan fingerprint density at radius 1 is 0.880 bits per heavy atom. The van der Waals surface area contributed by atoms with Crippen LogP contribution in [0.3, 0.4) is 0 Å². The fourth-order valence-corrected chi connectivity index (χ4v) is 2.08. The smallest absolute Gasteiger partial charge is 0.167 e. The summed E-state index contributed by atoms with van der Waals surface area (Å²) >= 11 is 0. The molecule has 3 rings (SSSR count). The van der Waals surface area contributed by atoms with Crippen LogP contribution in [0, 0.1) is 10.8 Å². The Bertz CT molecular complexity index is 892. The number of amidine groups is 2. The Labute approximate surface area is 156 Å². The van der Waals surface area contributed by atoms with E-state index in [0.29, 0.717) is 28.3 Å². The molecule has 130 valence electrons. The Morgan fingerprint density at radius 3 is 2.20 bits per heavy atom. The van der Waals surface area contributed by atoms with Crippen molar-refractivity contribution in [2.45, 2.75) is 0 Å². The third-order valence-electron chi connectivity index (χ3n) is 3.31. The molecule has 0 spiro atoms. The van der Waals surface area contributed by atoms with E-state index < -0.39 is 0 Å². The second kappa shape index (κ2) is 8.27. The first kappa shape index (κ1) is 20.1. The molecule has 2 heterocycles. The molecule has 0 fully saturated rings. The highest BCUT2D eigenvalue weighted by Crippen LogP contribution is 2.25. The number of nitrogens with one attached hydrogen (secondary N) is 2. The minimum absolute atomic E-state index is 0. The average molecular weight is 379 g/mol. The molecule has 0 aliphatic rings. The van der Waals surface area contributed by atoms with Crippen molar-refractivity contribution in [2.24, 2.45) is 11.5 Å². The van der Waals surface area contributed by atoms with E-state index in [9.17, 15) is 0 Å². The second-order valence-electron chi connectivity index (χ2n) is 4.92. The van der Waals surface area contributed by atoms with E-state index in [-0.39, 0.29) is 36.5 Å². The van der Waals surface area contributed by atoms with E-state index in [4.69, 9.17) is 26.8 Å². The van der Waals surface area contributed by atoms with E-state index >= 15 is 0 Å². The van der Waals surface area contributed by atoms with Gasteiger partial charge in [-0.05, 0) is 18.2 Å². The maximum Gasteiger partial charge on any atom is 0.167 e. The van der Waals surface area contributed by atoms with Crippen LogP contribution >= 0.6 is 24.8 Å². The number of halogens is 2. The largest absolute Gasteiger partial charge is 0.384 e. The first-order valence-electron chi connectivity index (χ1n) is 6.77. The van der Waals surface area contributed by atoms with Crippen molar-refractivity contribution in [3.8, 4) is 22.7 Å². The van der Waals surface area contributed by atoms with Gasteiger partial charge in [0.25, 0.3) is 0 Å². The van der Waals surface area contributed by atoms with Gasteiger partial charge < -0.3 is 16.0 Å². The van der Waals surface area contributed by atoms with Crippen LogP contribution in [0.1, 0.15) is 11.1 Å². The lowest BCUT2D eigenvalue weighted by Gasteiger charge is -2.00. The summed E-state index contributed by atoms with van der Waals surface area (Å²) in [5, 5.41) is 18.8. The molecule has 0 radical (unpaired) electrons. The summed E-state index contributed by atoms with van der Waals surface area (Å²) in [4.78, 5) is 4.23. The average Bonchev–Trinajstić information content (AvgIpc) is 3.05. The van der Waals surface area contributed by atoms with Crippen molar-refractivity contribution in [3.63, 3.8) is 0 Å². The first-order chi connectivity index (χ1) is 11.0. The van der Waals surface area contributed by atoms with E-state index in [0.717, 1.165) is 5.56 Å². The fourth-order valence-electron chi connectivity index (χ4n) is 2.08. The van der Waals surface area contributed by atoms with Gasteiger partial charge in [-0.15, -0.1) is 24.8 Å². The van der Waals surface area contributed by atoms with E-state index in [2.05, 4.69) is 10.1 Å². The van der Waals surface area contributed by atoms with Gasteiger partial charge >= 0.3 is 0 Å². The Kier molecular flexibility index (Phi) is 6.67. The zero-order valence-electron chi connectivity index (χ0n) is 12.9. The third-order valence-corrected chi connectivity index (χ3v) is 3.31. The molecule has 0 unspecified atom stereocenters. The van der Waals surface area contributed by atoms with Crippen LogP contribution in [-0.2, 0) is 0 Å².